The number of rotatable bonds is 3. The molecule has 0 unspecified atom stereocenters. The van der Waals surface area contributed by atoms with Gasteiger partial charge in [0.25, 0.3) is 0 Å². The van der Waals surface area contributed by atoms with Crippen molar-refractivity contribution < 1.29 is 13.9 Å². The minimum Gasteiger partial charge on any atom is -0.490 e. The molecule has 2 aromatic rings. The number of nitrogens with one attached hydrogen (secondary N) is 1. The number of anilines is 1. The van der Waals surface area contributed by atoms with Gasteiger partial charge in [-0.3, -0.25) is 0 Å². The maximum atomic E-state index is 13.1. The summed E-state index contributed by atoms with van der Waals surface area (Å²) in [7, 11) is 0. The van der Waals surface area contributed by atoms with Gasteiger partial charge in [0.1, 0.15) is 5.82 Å². The predicted octanol–water partition coefficient (Wildman–Crippen LogP) is 3.91. The van der Waals surface area contributed by atoms with E-state index in [0.29, 0.717) is 19.8 Å². The van der Waals surface area contributed by atoms with Crippen molar-refractivity contribution in [3.05, 3.63) is 53.3 Å². The van der Waals surface area contributed by atoms with Gasteiger partial charge >= 0.3 is 0 Å². The molecule has 1 aliphatic heterocycles. The quantitative estimate of drug-likeness (QED) is 0.928. The van der Waals surface area contributed by atoms with E-state index in [1.165, 1.54) is 12.1 Å². The van der Waals surface area contributed by atoms with Gasteiger partial charge in [-0.15, -0.1) is 0 Å². The lowest BCUT2D eigenvalue weighted by Gasteiger charge is -2.12. The van der Waals surface area contributed by atoms with Crippen molar-refractivity contribution in [1.82, 2.24) is 0 Å². The van der Waals surface area contributed by atoms with Crippen LogP contribution in [-0.4, -0.2) is 13.2 Å². The smallest absolute Gasteiger partial charge is 0.161 e. The average molecular weight is 287 g/mol. The maximum Gasteiger partial charge on any atom is 0.161 e. The first-order valence-corrected chi connectivity index (χ1v) is 7.11. The number of ether oxygens (including phenoxy) is 2. The molecule has 0 saturated heterocycles. The second kappa shape index (κ2) is 6.04. The lowest BCUT2D eigenvalue weighted by molar-refractivity contribution is 0.297. The summed E-state index contributed by atoms with van der Waals surface area (Å²) in [6.07, 6.45) is 0.900. The van der Waals surface area contributed by atoms with E-state index in [4.69, 9.17) is 9.47 Å². The summed E-state index contributed by atoms with van der Waals surface area (Å²) in [6, 6.07) is 10.7. The van der Waals surface area contributed by atoms with Crippen molar-refractivity contribution in [1.29, 1.82) is 0 Å². The fourth-order valence-electron chi connectivity index (χ4n) is 2.34. The summed E-state index contributed by atoms with van der Waals surface area (Å²) in [5.41, 5.74) is 2.93. The number of fused-ring (bicyclic) bond motifs is 1. The van der Waals surface area contributed by atoms with Crippen LogP contribution in [0.4, 0.5) is 10.1 Å². The minimum absolute atomic E-state index is 0.214. The Balaban J connectivity index is 1.72. The molecule has 0 bridgehead atoms. The highest BCUT2D eigenvalue weighted by atomic mass is 19.1. The van der Waals surface area contributed by atoms with Crippen molar-refractivity contribution in [2.75, 3.05) is 18.5 Å². The lowest BCUT2D eigenvalue weighted by atomic mass is 10.1. The third-order valence-electron chi connectivity index (χ3n) is 3.48. The molecule has 21 heavy (non-hydrogen) atoms. The van der Waals surface area contributed by atoms with E-state index >= 15 is 0 Å². The van der Waals surface area contributed by atoms with Gasteiger partial charge in [0.15, 0.2) is 11.5 Å². The van der Waals surface area contributed by atoms with Crippen LogP contribution in [0.3, 0.4) is 0 Å². The van der Waals surface area contributed by atoms with Crippen LogP contribution >= 0.6 is 0 Å². The van der Waals surface area contributed by atoms with Gasteiger partial charge in [0.05, 0.1) is 13.2 Å². The fourth-order valence-corrected chi connectivity index (χ4v) is 2.34. The Bertz CT molecular complexity index is 643. The van der Waals surface area contributed by atoms with Gasteiger partial charge in [-0.1, -0.05) is 6.07 Å². The van der Waals surface area contributed by atoms with E-state index in [9.17, 15) is 4.39 Å². The third kappa shape index (κ3) is 3.27. The van der Waals surface area contributed by atoms with Gasteiger partial charge in [-0.05, 0) is 48.4 Å². The molecular weight excluding hydrogens is 269 g/mol. The molecule has 110 valence electrons. The first-order chi connectivity index (χ1) is 10.2. The zero-order chi connectivity index (χ0) is 14.7. The molecule has 0 aliphatic carbocycles. The average Bonchev–Trinajstić information content (AvgIpc) is 2.71. The molecular formula is C17H18FNO2. The molecule has 1 aliphatic rings. The minimum atomic E-state index is -0.214. The molecule has 4 heteroatoms. The van der Waals surface area contributed by atoms with Gasteiger partial charge in [-0.25, -0.2) is 4.39 Å². The highest BCUT2D eigenvalue weighted by Gasteiger charge is 2.10. The number of aryl methyl sites for hydroxylation is 1. The Morgan fingerprint density at radius 1 is 1.05 bits per heavy atom. The first kappa shape index (κ1) is 13.7. The highest BCUT2D eigenvalue weighted by molar-refractivity contribution is 5.51. The van der Waals surface area contributed by atoms with E-state index in [2.05, 4.69) is 5.32 Å². The van der Waals surface area contributed by atoms with Crippen molar-refractivity contribution >= 4 is 5.69 Å². The van der Waals surface area contributed by atoms with Crippen LogP contribution in [0.2, 0.25) is 0 Å². The predicted molar refractivity (Wildman–Crippen MR) is 80.5 cm³/mol. The number of halogens is 1. The Labute approximate surface area is 123 Å². The van der Waals surface area contributed by atoms with Crippen LogP contribution < -0.4 is 14.8 Å². The van der Waals surface area contributed by atoms with Gasteiger partial charge < -0.3 is 14.8 Å². The number of benzene rings is 2. The number of hydrogen-bond acceptors (Lipinski definition) is 3. The van der Waals surface area contributed by atoms with Crippen LogP contribution in [0, 0.1) is 12.7 Å². The molecule has 0 atom stereocenters. The zero-order valence-corrected chi connectivity index (χ0v) is 12.0. The second-order valence-electron chi connectivity index (χ2n) is 5.14. The van der Waals surface area contributed by atoms with Crippen LogP contribution in [0.25, 0.3) is 0 Å². The van der Waals surface area contributed by atoms with Crippen molar-refractivity contribution in [2.24, 2.45) is 0 Å². The zero-order valence-electron chi connectivity index (χ0n) is 12.0. The summed E-state index contributed by atoms with van der Waals surface area (Å²) in [4.78, 5) is 0. The highest BCUT2D eigenvalue weighted by Crippen LogP contribution is 2.30. The van der Waals surface area contributed by atoms with Gasteiger partial charge in [0.2, 0.25) is 0 Å². The number of hydrogen-bond donors (Lipinski definition) is 1. The topological polar surface area (TPSA) is 30.5 Å². The summed E-state index contributed by atoms with van der Waals surface area (Å²) in [5, 5.41) is 3.32. The summed E-state index contributed by atoms with van der Waals surface area (Å²) in [5.74, 6) is 1.38. The normalized spacial score (nSPS) is 13.6. The van der Waals surface area contributed by atoms with E-state index in [0.717, 1.165) is 34.7 Å². The summed E-state index contributed by atoms with van der Waals surface area (Å²) < 4.78 is 24.4. The van der Waals surface area contributed by atoms with E-state index in [1.54, 1.807) is 6.07 Å². The van der Waals surface area contributed by atoms with Gasteiger partial charge in [-0.2, -0.15) is 0 Å². The molecule has 2 aromatic carbocycles. The third-order valence-corrected chi connectivity index (χ3v) is 3.48. The Kier molecular flexibility index (Phi) is 3.95. The molecule has 0 radical (unpaired) electrons. The molecule has 0 aromatic heterocycles. The molecule has 3 nitrogen and oxygen atoms in total. The van der Waals surface area contributed by atoms with Crippen LogP contribution in [-0.2, 0) is 6.54 Å². The summed E-state index contributed by atoms with van der Waals surface area (Å²) in [6.45, 7) is 3.92. The molecule has 0 saturated carbocycles. The second-order valence-corrected chi connectivity index (χ2v) is 5.14. The SMILES string of the molecule is Cc1cc(F)ccc1NCc1ccc2c(c1)OCCCO2. The molecule has 0 fully saturated rings. The van der Waals surface area contributed by atoms with Crippen molar-refractivity contribution in [3.63, 3.8) is 0 Å². The molecule has 0 amide bonds. The monoisotopic (exact) mass is 287 g/mol. The fraction of sp³-hybridized carbons (Fsp3) is 0.294. The molecule has 1 N–H and O–H groups in total. The van der Waals surface area contributed by atoms with Crippen LogP contribution in [0.1, 0.15) is 17.5 Å². The van der Waals surface area contributed by atoms with Crippen LogP contribution in [0.15, 0.2) is 36.4 Å². The Hall–Kier alpha value is -2.23. The maximum absolute atomic E-state index is 13.1. The largest absolute Gasteiger partial charge is 0.490 e. The molecule has 1 heterocycles. The first-order valence-electron chi connectivity index (χ1n) is 7.11. The van der Waals surface area contributed by atoms with Crippen molar-refractivity contribution in [3.8, 4) is 11.5 Å². The molecule has 0 spiro atoms. The molecule has 3 rings (SSSR count). The summed E-state index contributed by atoms with van der Waals surface area (Å²) >= 11 is 0. The van der Waals surface area contributed by atoms with E-state index < -0.39 is 0 Å². The Morgan fingerprint density at radius 3 is 2.67 bits per heavy atom. The lowest BCUT2D eigenvalue weighted by Crippen LogP contribution is -2.02. The van der Waals surface area contributed by atoms with Crippen LogP contribution in [0.5, 0.6) is 11.5 Å². The van der Waals surface area contributed by atoms with Crippen molar-refractivity contribution in [2.45, 2.75) is 19.9 Å². The van der Waals surface area contributed by atoms with E-state index in [1.807, 2.05) is 25.1 Å². The standard InChI is InChI=1S/C17H18FNO2/c1-12-9-14(18)4-5-15(12)19-11-13-3-6-16-17(10-13)21-8-2-7-20-16/h3-6,9-10,19H,2,7-8,11H2,1H3. The van der Waals surface area contributed by atoms with E-state index in [-0.39, 0.29) is 5.82 Å². The van der Waals surface area contributed by atoms with Gasteiger partial charge in [0, 0.05) is 18.7 Å². The Morgan fingerprint density at radius 2 is 1.86 bits per heavy atom.